The highest BCUT2D eigenvalue weighted by atomic mass is 35.5. The molecule has 1 aromatic heterocycles. The Morgan fingerprint density at radius 1 is 1.22 bits per heavy atom. The third-order valence-corrected chi connectivity index (χ3v) is 6.78. The lowest BCUT2D eigenvalue weighted by atomic mass is 9.92. The second kappa shape index (κ2) is 11.9. The zero-order chi connectivity index (χ0) is 26.5. The van der Waals surface area contributed by atoms with Gasteiger partial charge in [-0.15, -0.1) is 0 Å². The average molecular weight is 528 g/mol. The first-order valence-corrected chi connectivity index (χ1v) is 13.1. The van der Waals surface area contributed by atoms with Crippen molar-refractivity contribution < 1.29 is 24.2 Å². The second-order valence-electron chi connectivity index (χ2n) is 9.51. The number of halogens is 1. The van der Waals surface area contributed by atoms with Gasteiger partial charge in [0.25, 0.3) is 0 Å². The molecule has 37 heavy (non-hydrogen) atoms. The third-order valence-electron chi connectivity index (χ3n) is 6.54. The number of aromatic amines is 1. The van der Waals surface area contributed by atoms with Gasteiger partial charge in [0.1, 0.15) is 11.8 Å². The second-order valence-corrected chi connectivity index (χ2v) is 9.95. The first kappa shape index (κ1) is 26.8. The number of aliphatic hydroxyl groups excluding tert-OH is 1. The van der Waals surface area contributed by atoms with E-state index in [1.165, 1.54) is 0 Å². The number of aliphatic hydroxyl groups is 1. The normalized spacial score (nSPS) is 15.9. The molecule has 1 unspecified atom stereocenters. The van der Waals surface area contributed by atoms with Crippen molar-refractivity contribution in [1.82, 2.24) is 15.2 Å². The standard InChI is InChI=1S/C28H34ClN3O5/c1-4-36-28(35)32-13-11-22-23-15-19(29)7-10-24(23)31-25(22)26(32)18-5-8-21(9-6-18)37-14-12-20(33)16-30-27(34)17(2)3/h5-10,15,17,20,26,31,33H,4,11-14,16H2,1-3H3,(H,30,34)/t20?,26-/m0/s1. The Morgan fingerprint density at radius 2 is 1.97 bits per heavy atom. The van der Waals surface area contributed by atoms with Gasteiger partial charge in [-0.05, 0) is 54.8 Å². The summed E-state index contributed by atoms with van der Waals surface area (Å²) in [5.41, 5.74) is 4.02. The van der Waals surface area contributed by atoms with Gasteiger partial charge in [0.05, 0.1) is 19.3 Å². The maximum Gasteiger partial charge on any atom is 0.410 e. The molecule has 0 saturated heterocycles. The Bertz CT molecular complexity index is 1240. The molecule has 0 fully saturated rings. The molecule has 0 spiro atoms. The van der Waals surface area contributed by atoms with E-state index in [-0.39, 0.29) is 30.5 Å². The fraction of sp³-hybridized carbons (Fsp3) is 0.429. The summed E-state index contributed by atoms with van der Waals surface area (Å²) in [6.07, 6.45) is 0.0527. The number of carbonyl (C=O) groups is 2. The van der Waals surface area contributed by atoms with Crippen molar-refractivity contribution in [3.63, 3.8) is 0 Å². The molecule has 0 aliphatic carbocycles. The fourth-order valence-electron chi connectivity index (χ4n) is 4.59. The van der Waals surface area contributed by atoms with Gasteiger partial charge in [0, 0.05) is 47.0 Å². The van der Waals surface area contributed by atoms with Crippen LogP contribution >= 0.6 is 11.6 Å². The van der Waals surface area contributed by atoms with E-state index in [1.807, 2.05) is 56.3 Å². The number of rotatable bonds is 9. The van der Waals surface area contributed by atoms with E-state index in [0.29, 0.717) is 43.4 Å². The van der Waals surface area contributed by atoms with Crippen molar-refractivity contribution in [2.24, 2.45) is 5.92 Å². The summed E-state index contributed by atoms with van der Waals surface area (Å²) in [6.45, 7) is 6.75. The number of hydrogen-bond donors (Lipinski definition) is 3. The van der Waals surface area contributed by atoms with E-state index >= 15 is 0 Å². The summed E-state index contributed by atoms with van der Waals surface area (Å²) in [5.74, 6) is 0.449. The summed E-state index contributed by atoms with van der Waals surface area (Å²) in [5, 5.41) is 14.6. The van der Waals surface area contributed by atoms with Gasteiger partial charge >= 0.3 is 6.09 Å². The number of fused-ring (bicyclic) bond motifs is 3. The zero-order valence-corrected chi connectivity index (χ0v) is 22.2. The maximum absolute atomic E-state index is 12.9. The van der Waals surface area contributed by atoms with Gasteiger partial charge in [0.15, 0.2) is 0 Å². The molecular formula is C28H34ClN3O5. The highest BCUT2D eigenvalue weighted by molar-refractivity contribution is 6.31. The van der Waals surface area contributed by atoms with Crippen LogP contribution in [0, 0.1) is 5.92 Å². The number of carbonyl (C=O) groups excluding carboxylic acids is 2. The van der Waals surface area contributed by atoms with Gasteiger partial charge in [0.2, 0.25) is 5.91 Å². The van der Waals surface area contributed by atoms with E-state index < -0.39 is 6.10 Å². The number of benzene rings is 2. The third kappa shape index (κ3) is 6.19. The minimum Gasteiger partial charge on any atom is -0.493 e. The van der Waals surface area contributed by atoms with Crippen LogP contribution in [-0.2, 0) is 16.0 Å². The van der Waals surface area contributed by atoms with Crippen LogP contribution in [0.1, 0.15) is 50.1 Å². The van der Waals surface area contributed by atoms with E-state index in [2.05, 4.69) is 10.3 Å². The van der Waals surface area contributed by atoms with E-state index in [0.717, 1.165) is 27.7 Å². The molecule has 2 aromatic carbocycles. The number of nitrogens with zero attached hydrogens (tertiary/aromatic N) is 1. The van der Waals surface area contributed by atoms with Crippen LogP contribution in [0.3, 0.4) is 0 Å². The fourth-order valence-corrected chi connectivity index (χ4v) is 4.77. The van der Waals surface area contributed by atoms with E-state index in [1.54, 1.807) is 11.8 Å². The minimum atomic E-state index is -0.684. The van der Waals surface area contributed by atoms with Gasteiger partial charge in [-0.2, -0.15) is 0 Å². The number of H-pyrrole nitrogens is 1. The van der Waals surface area contributed by atoms with Gasteiger partial charge < -0.3 is 24.9 Å². The van der Waals surface area contributed by atoms with Crippen molar-refractivity contribution >= 4 is 34.5 Å². The minimum absolute atomic E-state index is 0.0867. The van der Waals surface area contributed by atoms with Crippen molar-refractivity contribution in [2.45, 2.75) is 45.8 Å². The summed E-state index contributed by atoms with van der Waals surface area (Å²) in [4.78, 5) is 29.8. The molecule has 9 heteroatoms. The zero-order valence-electron chi connectivity index (χ0n) is 21.4. The Labute approximate surface area is 221 Å². The number of aromatic nitrogens is 1. The van der Waals surface area contributed by atoms with Crippen LogP contribution in [0.15, 0.2) is 42.5 Å². The molecular weight excluding hydrogens is 494 g/mol. The van der Waals surface area contributed by atoms with Crippen LogP contribution in [0.5, 0.6) is 5.75 Å². The molecule has 0 saturated carbocycles. The Hall–Kier alpha value is -3.23. The van der Waals surface area contributed by atoms with Crippen LogP contribution in [0.2, 0.25) is 5.02 Å². The lowest BCUT2D eigenvalue weighted by Gasteiger charge is -2.35. The van der Waals surface area contributed by atoms with Crippen LogP contribution in [0.4, 0.5) is 4.79 Å². The number of amides is 2. The number of nitrogens with one attached hydrogen (secondary N) is 2. The molecule has 0 bridgehead atoms. The molecule has 8 nitrogen and oxygen atoms in total. The average Bonchev–Trinajstić information content (AvgIpc) is 3.25. The van der Waals surface area contributed by atoms with Crippen molar-refractivity contribution in [3.05, 3.63) is 64.3 Å². The molecule has 2 amide bonds. The van der Waals surface area contributed by atoms with Crippen molar-refractivity contribution in [2.75, 3.05) is 26.3 Å². The Kier molecular flexibility index (Phi) is 8.61. The first-order valence-electron chi connectivity index (χ1n) is 12.7. The molecule has 0 radical (unpaired) electrons. The molecule has 3 N–H and O–H groups in total. The van der Waals surface area contributed by atoms with E-state index in [9.17, 15) is 14.7 Å². The van der Waals surface area contributed by atoms with Crippen molar-refractivity contribution in [1.29, 1.82) is 0 Å². The van der Waals surface area contributed by atoms with E-state index in [4.69, 9.17) is 21.1 Å². The quantitative estimate of drug-likeness (QED) is 0.370. The molecule has 4 rings (SSSR count). The van der Waals surface area contributed by atoms with Crippen LogP contribution < -0.4 is 10.1 Å². The van der Waals surface area contributed by atoms with Crippen molar-refractivity contribution in [3.8, 4) is 5.75 Å². The molecule has 1 aliphatic heterocycles. The summed E-state index contributed by atoms with van der Waals surface area (Å²) in [6, 6.07) is 13.0. The summed E-state index contributed by atoms with van der Waals surface area (Å²) >= 11 is 6.27. The molecule has 1 aliphatic rings. The molecule has 198 valence electrons. The lowest BCUT2D eigenvalue weighted by Crippen LogP contribution is -2.40. The van der Waals surface area contributed by atoms with Gasteiger partial charge in [-0.25, -0.2) is 4.79 Å². The Balaban J connectivity index is 1.48. The molecule has 2 heterocycles. The monoisotopic (exact) mass is 527 g/mol. The van der Waals surface area contributed by atoms with Crippen LogP contribution in [-0.4, -0.2) is 59.4 Å². The highest BCUT2D eigenvalue weighted by Gasteiger charge is 2.35. The smallest absolute Gasteiger partial charge is 0.410 e. The lowest BCUT2D eigenvalue weighted by molar-refractivity contribution is -0.124. The topological polar surface area (TPSA) is 104 Å². The highest BCUT2D eigenvalue weighted by Crippen LogP contribution is 2.39. The number of hydrogen-bond acceptors (Lipinski definition) is 5. The maximum atomic E-state index is 12.9. The molecule has 2 atom stereocenters. The summed E-state index contributed by atoms with van der Waals surface area (Å²) < 4.78 is 11.2. The first-order chi connectivity index (χ1) is 17.8. The Morgan fingerprint density at radius 3 is 2.68 bits per heavy atom. The SMILES string of the molecule is CCOC(=O)N1CCc2c([nH]c3ccc(Cl)cc23)[C@@H]1c1ccc(OCCC(O)CNC(=O)C(C)C)cc1. The molecule has 3 aromatic rings. The predicted octanol–water partition coefficient (Wildman–Crippen LogP) is 4.83. The number of ether oxygens (including phenoxy) is 2. The summed E-state index contributed by atoms with van der Waals surface area (Å²) in [7, 11) is 0. The van der Waals surface area contributed by atoms with Gasteiger partial charge in [-0.1, -0.05) is 37.6 Å². The largest absolute Gasteiger partial charge is 0.493 e. The predicted molar refractivity (Wildman–Crippen MR) is 143 cm³/mol. The van der Waals surface area contributed by atoms with Gasteiger partial charge in [-0.3, -0.25) is 9.69 Å². The van der Waals surface area contributed by atoms with Crippen LogP contribution in [0.25, 0.3) is 10.9 Å².